The molecule has 33 heavy (non-hydrogen) atoms. The number of anilines is 1. The highest BCUT2D eigenvalue weighted by Crippen LogP contribution is 2.31. The van der Waals surface area contributed by atoms with E-state index in [2.05, 4.69) is 25.6 Å². The third-order valence-electron chi connectivity index (χ3n) is 5.36. The first-order valence-electron chi connectivity index (χ1n) is 10.6. The molecule has 1 fully saturated rings. The number of carbonyl (C=O) groups excluding carboxylic acids is 1. The Morgan fingerprint density at radius 2 is 1.97 bits per heavy atom. The minimum absolute atomic E-state index is 0.218. The molecule has 4 rings (SSSR count). The molecule has 0 radical (unpaired) electrons. The van der Waals surface area contributed by atoms with Gasteiger partial charge in [0, 0.05) is 13.1 Å². The van der Waals surface area contributed by atoms with E-state index < -0.39 is 30.6 Å². The molecule has 6 N–H and O–H groups in total. The van der Waals surface area contributed by atoms with Gasteiger partial charge < -0.3 is 36.1 Å². The molecule has 1 saturated heterocycles. The molecule has 0 bridgehead atoms. The molecule has 3 heterocycles. The fourth-order valence-electron chi connectivity index (χ4n) is 3.61. The standard InChI is InChI=1S/C21H27N7O5/c22-18-15-19(26-11-25-18)28(12-27-15)20-17(30)16(29)14(33-20)9-23-7-4-8-24-21(31)32-10-13-5-2-1-3-6-13/h1-3,5-6,11-12,14,16-17,20,23,29-30H,4,7-10H2,(H,24,31)(H2,22,25,26)/t14-,16-,17-,20-/m1/s1. The van der Waals surface area contributed by atoms with Crippen LogP contribution in [0.3, 0.4) is 0 Å². The molecule has 0 spiro atoms. The topological polar surface area (TPSA) is 170 Å². The van der Waals surface area contributed by atoms with Crippen LogP contribution in [0, 0.1) is 0 Å². The first kappa shape index (κ1) is 22.9. The summed E-state index contributed by atoms with van der Waals surface area (Å²) in [7, 11) is 0. The van der Waals surface area contributed by atoms with Gasteiger partial charge in [0.2, 0.25) is 0 Å². The van der Waals surface area contributed by atoms with Crippen LogP contribution in [-0.2, 0) is 16.1 Å². The van der Waals surface area contributed by atoms with Crippen LogP contribution in [0.1, 0.15) is 18.2 Å². The number of aliphatic hydroxyl groups excluding tert-OH is 2. The lowest BCUT2D eigenvalue weighted by Gasteiger charge is -2.16. The number of nitrogen functional groups attached to an aromatic ring is 1. The zero-order valence-corrected chi connectivity index (χ0v) is 17.9. The number of benzene rings is 1. The summed E-state index contributed by atoms with van der Waals surface area (Å²) in [6, 6.07) is 9.44. The van der Waals surface area contributed by atoms with Gasteiger partial charge in [0.1, 0.15) is 36.8 Å². The highest BCUT2D eigenvalue weighted by atomic mass is 16.6. The van der Waals surface area contributed by atoms with Gasteiger partial charge >= 0.3 is 6.09 Å². The van der Waals surface area contributed by atoms with Crippen LogP contribution in [-0.4, -0.2) is 73.8 Å². The zero-order chi connectivity index (χ0) is 23.2. The monoisotopic (exact) mass is 457 g/mol. The Bertz CT molecular complexity index is 1060. The predicted molar refractivity (Wildman–Crippen MR) is 118 cm³/mol. The van der Waals surface area contributed by atoms with E-state index in [1.165, 1.54) is 17.2 Å². The summed E-state index contributed by atoms with van der Waals surface area (Å²) < 4.78 is 12.6. The van der Waals surface area contributed by atoms with Crippen molar-refractivity contribution in [3.05, 3.63) is 48.5 Å². The van der Waals surface area contributed by atoms with Gasteiger partial charge in [0.15, 0.2) is 17.7 Å². The smallest absolute Gasteiger partial charge is 0.407 e. The van der Waals surface area contributed by atoms with Gasteiger partial charge in [0.25, 0.3) is 0 Å². The van der Waals surface area contributed by atoms with Crippen LogP contribution in [0.4, 0.5) is 10.6 Å². The van der Waals surface area contributed by atoms with E-state index in [0.29, 0.717) is 37.2 Å². The number of aliphatic hydroxyl groups is 2. The molecule has 0 aliphatic carbocycles. The summed E-state index contributed by atoms with van der Waals surface area (Å²) in [6.45, 7) is 1.54. The Hall–Kier alpha value is -3.32. The number of amides is 1. The number of fused-ring (bicyclic) bond motifs is 1. The van der Waals surface area contributed by atoms with Crippen LogP contribution in [0.2, 0.25) is 0 Å². The SMILES string of the molecule is Nc1ncnc2c1ncn2[C@@H]1O[C@H](CNCCCNC(=O)OCc2ccccc2)[C@@H](O)[C@H]1O. The number of imidazole rings is 1. The summed E-state index contributed by atoms with van der Waals surface area (Å²) in [5.74, 6) is 0.225. The Morgan fingerprint density at radius 3 is 2.79 bits per heavy atom. The second kappa shape index (κ2) is 10.5. The van der Waals surface area contributed by atoms with Crippen molar-refractivity contribution in [1.82, 2.24) is 30.2 Å². The Labute approximate surface area is 189 Å². The molecule has 1 amide bonds. The third kappa shape index (κ3) is 5.37. The maximum absolute atomic E-state index is 11.7. The first-order valence-corrected chi connectivity index (χ1v) is 10.6. The molecular weight excluding hydrogens is 430 g/mol. The maximum Gasteiger partial charge on any atom is 0.407 e. The molecule has 0 saturated carbocycles. The van der Waals surface area contributed by atoms with Gasteiger partial charge in [-0.2, -0.15) is 0 Å². The van der Waals surface area contributed by atoms with Gasteiger partial charge in [-0.05, 0) is 18.5 Å². The highest BCUT2D eigenvalue weighted by Gasteiger charge is 2.44. The number of ether oxygens (including phenoxy) is 2. The van der Waals surface area contributed by atoms with E-state index >= 15 is 0 Å². The number of nitrogens with zero attached hydrogens (tertiary/aromatic N) is 4. The molecule has 2 aromatic heterocycles. The van der Waals surface area contributed by atoms with E-state index in [0.717, 1.165) is 5.56 Å². The minimum Gasteiger partial charge on any atom is -0.445 e. The van der Waals surface area contributed by atoms with Crippen molar-refractivity contribution >= 4 is 23.1 Å². The van der Waals surface area contributed by atoms with Crippen molar-refractivity contribution in [2.24, 2.45) is 0 Å². The lowest BCUT2D eigenvalue weighted by atomic mass is 10.1. The van der Waals surface area contributed by atoms with Crippen molar-refractivity contribution < 1.29 is 24.5 Å². The molecule has 1 aliphatic heterocycles. The molecule has 176 valence electrons. The van der Waals surface area contributed by atoms with Gasteiger partial charge in [-0.1, -0.05) is 30.3 Å². The lowest BCUT2D eigenvalue weighted by Crippen LogP contribution is -2.38. The Kier molecular flexibility index (Phi) is 7.29. The van der Waals surface area contributed by atoms with E-state index in [1.807, 2.05) is 30.3 Å². The van der Waals surface area contributed by atoms with Crippen molar-refractivity contribution in [1.29, 1.82) is 0 Å². The lowest BCUT2D eigenvalue weighted by molar-refractivity contribution is -0.0341. The molecule has 0 unspecified atom stereocenters. The van der Waals surface area contributed by atoms with Crippen LogP contribution in [0.25, 0.3) is 11.2 Å². The molecule has 4 atom stereocenters. The van der Waals surface area contributed by atoms with E-state index in [-0.39, 0.29) is 12.4 Å². The molecule has 12 nitrogen and oxygen atoms in total. The number of nitrogens with two attached hydrogens (primary N) is 1. The highest BCUT2D eigenvalue weighted by molar-refractivity contribution is 5.81. The predicted octanol–water partition coefficient (Wildman–Crippen LogP) is -0.0662. The summed E-state index contributed by atoms with van der Waals surface area (Å²) >= 11 is 0. The van der Waals surface area contributed by atoms with Crippen LogP contribution in [0.5, 0.6) is 0 Å². The number of rotatable bonds is 9. The van der Waals surface area contributed by atoms with Gasteiger partial charge in [-0.15, -0.1) is 0 Å². The second-order valence-corrected chi connectivity index (χ2v) is 7.68. The largest absolute Gasteiger partial charge is 0.445 e. The number of nitrogens with one attached hydrogen (secondary N) is 2. The van der Waals surface area contributed by atoms with Crippen molar-refractivity contribution in [2.45, 2.75) is 37.6 Å². The molecular formula is C21H27N7O5. The summed E-state index contributed by atoms with van der Waals surface area (Å²) in [5.41, 5.74) is 7.54. The van der Waals surface area contributed by atoms with E-state index in [4.69, 9.17) is 15.2 Å². The normalized spacial score (nSPS) is 22.5. The number of hydrogen-bond acceptors (Lipinski definition) is 10. The van der Waals surface area contributed by atoms with Crippen molar-refractivity contribution in [3.63, 3.8) is 0 Å². The first-order chi connectivity index (χ1) is 16.0. The second-order valence-electron chi connectivity index (χ2n) is 7.68. The van der Waals surface area contributed by atoms with Gasteiger partial charge in [-0.25, -0.2) is 19.7 Å². The Morgan fingerprint density at radius 1 is 1.15 bits per heavy atom. The third-order valence-corrected chi connectivity index (χ3v) is 5.36. The summed E-state index contributed by atoms with van der Waals surface area (Å²) in [5, 5.41) is 26.7. The van der Waals surface area contributed by atoms with Crippen molar-refractivity contribution in [2.75, 3.05) is 25.4 Å². The molecule has 1 aliphatic rings. The number of carbonyl (C=O) groups is 1. The molecule has 12 heteroatoms. The van der Waals surface area contributed by atoms with Gasteiger partial charge in [-0.3, -0.25) is 4.57 Å². The van der Waals surface area contributed by atoms with E-state index in [1.54, 1.807) is 0 Å². The number of aromatic nitrogens is 4. The summed E-state index contributed by atoms with van der Waals surface area (Å²) in [4.78, 5) is 23.9. The van der Waals surface area contributed by atoms with Crippen LogP contribution in [0.15, 0.2) is 43.0 Å². The van der Waals surface area contributed by atoms with Crippen molar-refractivity contribution in [3.8, 4) is 0 Å². The average Bonchev–Trinajstić information content (AvgIpc) is 3.38. The maximum atomic E-state index is 11.7. The average molecular weight is 457 g/mol. The van der Waals surface area contributed by atoms with Crippen LogP contribution < -0.4 is 16.4 Å². The van der Waals surface area contributed by atoms with Crippen LogP contribution >= 0.6 is 0 Å². The quantitative estimate of drug-likeness (QED) is 0.274. The van der Waals surface area contributed by atoms with Gasteiger partial charge in [0.05, 0.1) is 6.33 Å². The summed E-state index contributed by atoms with van der Waals surface area (Å²) in [6.07, 6.45) is -0.810. The number of alkyl carbamates (subject to hydrolysis) is 1. The zero-order valence-electron chi connectivity index (χ0n) is 17.9. The minimum atomic E-state index is -1.16. The Balaban J connectivity index is 1.17. The number of hydrogen-bond donors (Lipinski definition) is 5. The molecule has 1 aromatic carbocycles. The molecule has 3 aromatic rings. The van der Waals surface area contributed by atoms with E-state index in [9.17, 15) is 15.0 Å². The fraction of sp³-hybridized carbons (Fsp3) is 0.429. The fourth-order valence-corrected chi connectivity index (χ4v) is 3.61.